The maximum Gasteiger partial charge on any atom is 0.252 e. The maximum absolute atomic E-state index is 13.9. The van der Waals surface area contributed by atoms with E-state index < -0.39 is 24.0 Å². The number of rotatable bonds is 7. The predicted octanol–water partition coefficient (Wildman–Crippen LogP) is 6.82. The first-order valence-corrected chi connectivity index (χ1v) is 13.2. The zero-order valence-electron chi connectivity index (χ0n) is 22.4. The van der Waals surface area contributed by atoms with E-state index in [1.54, 1.807) is 25.3 Å². The Morgan fingerprint density at radius 1 is 1.25 bits per heavy atom. The Morgan fingerprint density at radius 3 is 2.65 bits per heavy atom. The Balaban J connectivity index is 1.57. The summed E-state index contributed by atoms with van der Waals surface area (Å²) in [5.74, 6) is -3.33. The number of anilines is 2. The van der Waals surface area contributed by atoms with Crippen LogP contribution in [0.25, 0.3) is 10.9 Å². The van der Waals surface area contributed by atoms with Gasteiger partial charge < -0.3 is 10.6 Å². The van der Waals surface area contributed by atoms with Gasteiger partial charge in [0, 0.05) is 47.9 Å². The summed E-state index contributed by atoms with van der Waals surface area (Å²) in [7, 11) is 0. The van der Waals surface area contributed by atoms with Gasteiger partial charge in [0.2, 0.25) is 5.95 Å². The van der Waals surface area contributed by atoms with Crippen molar-refractivity contribution in [2.75, 3.05) is 17.2 Å². The topological polar surface area (TPSA) is 104 Å². The Labute approximate surface area is 234 Å². The van der Waals surface area contributed by atoms with E-state index >= 15 is 0 Å². The van der Waals surface area contributed by atoms with E-state index in [4.69, 9.17) is 11.6 Å². The Bertz CT molecular complexity index is 1610. The number of aryl methyl sites for hydroxylation is 1. The van der Waals surface area contributed by atoms with Crippen molar-refractivity contribution in [1.29, 1.82) is 5.26 Å². The van der Waals surface area contributed by atoms with Crippen molar-refractivity contribution in [3.63, 3.8) is 0 Å². The van der Waals surface area contributed by atoms with Crippen molar-refractivity contribution < 1.29 is 13.2 Å². The molecule has 1 fully saturated rings. The van der Waals surface area contributed by atoms with Gasteiger partial charge in [-0.2, -0.15) is 9.65 Å². The summed E-state index contributed by atoms with van der Waals surface area (Å²) < 4.78 is 42.3. The Morgan fingerprint density at radius 2 is 2.00 bits per heavy atom. The van der Waals surface area contributed by atoms with Gasteiger partial charge in [-0.15, -0.1) is 5.10 Å². The number of pyridine rings is 2. The summed E-state index contributed by atoms with van der Waals surface area (Å²) in [5.41, 5.74) is 3.52. The Hall–Kier alpha value is -3.91. The average molecular weight is 569 g/mol. The lowest BCUT2D eigenvalue weighted by Gasteiger charge is -2.34. The molecule has 4 aromatic rings. The monoisotopic (exact) mass is 568 g/mol. The number of alkyl halides is 2. The molecule has 3 heterocycles. The zero-order chi connectivity index (χ0) is 28.8. The molecule has 2 N–H and O–H groups in total. The molecule has 12 heteroatoms. The lowest BCUT2D eigenvalue weighted by atomic mass is 9.88. The Kier molecular flexibility index (Phi) is 7.08. The van der Waals surface area contributed by atoms with Crippen LogP contribution in [-0.4, -0.2) is 37.4 Å². The van der Waals surface area contributed by atoms with Crippen LogP contribution in [0.4, 0.5) is 24.5 Å². The van der Waals surface area contributed by atoms with Crippen LogP contribution in [0.2, 0.25) is 5.02 Å². The molecule has 1 aromatic carbocycles. The standard InChI is InChI=1S/C28H28ClF3N8/c1-15-19(5-6-23(30)36-15)26(22-13-40(39-38-22)18-9-28(31,32)10-18)37-17-7-20-24(35-14-27(2,3)4)16(11-33)12-34-25(20)21(29)8-17/h5-8,12-13,18,26,37H,9-10,14H2,1-4H3,(H,34,35)/t26-/m0/s1. The highest BCUT2D eigenvalue weighted by Gasteiger charge is 2.47. The number of hydrogen-bond acceptors (Lipinski definition) is 7. The number of nitrogens with zero attached hydrogens (tertiary/aromatic N) is 6. The molecule has 0 aliphatic heterocycles. The molecule has 0 amide bonds. The van der Waals surface area contributed by atoms with Gasteiger partial charge in [0.05, 0.1) is 40.1 Å². The third kappa shape index (κ3) is 5.68. The van der Waals surface area contributed by atoms with Crippen molar-refractivity contribution in [2.24, 2.45) is 5.41 Å². The fourth-order valence-corrected chi connectivity index (χ4v) is 4.98. The van der Waals surface area contributed by atoms with Gasteiger partial charge in [-0.1, -0.05) is 43.7 Å². The molecule has 0 radical (unpaired) electrons. The SMILES string of the molecule is Cc1nc(F)ccc1[C@H](Nc1cc(Cl)c2ncc(C#N)c(NCC(C)(C)C)c2c1)c1cn(C2CC(F)(F)C2)nn1. The first kappa shape index (κ1) is 27.6. The van der Waals surface area contributed by atoms with Crippen LogP contribution in [0.5, 0.6) is 0 Å². The summed E-state index contributed by atoms with van der Waals surface area (Å²) in [6.45, 7) is 8.52. The molecule has 0 spiro atoms. The first-order valence-electron chi connectivity index (χ1n) is 12.8. The van der Waals surface area contributed by atoms with Crippen molar-refractivity contribution in [2.45, 2.75) is 58.5 Å². The minimum Gasteiger partial charge on any atom is -0.383 e. The lowest BCUT2D eigenvalue weighted by Crippen LogP contribution is -2.37. The smallest absolute Gasteiger partial charge is 0.252 e. The summed E-state index contributed by atoms with van der Waals surface area (Å²) in [6, 6.07) is 7.46. The third-order valence-electron chi connectivity index (χ3n) is 6.82. The van der Waals surface area contributed by atoms with E-state index in [0.29, 0.717) is 56.4 Å². The number of nitrogens with one attached hydrogen (secondary N) is 2. The second-order valence-electron chi connectivity index (χ2n) is 11.4. The number of fused-ring (bicyclic) bond motifs is 1. The van der Waals surface area contributed by atoms with Crippen LogP contribution in [0.3, 0.4) is 0 Å². The van der Waals surface area contributed by atoms with Crippen molar-refractivity contribution in [1.82, 2.24) is 25.0 Å². The molecule has 40 heavy (non-hydrogen) atoms. The van der Waals surface area contributed by atoms with Crippen LogP contribution in [-0.2, 0) is 0 Å². The number of benzene rings is 1. The van der Waals surface area contributed by atoms with Gasteiger partial charge in [-0.3, -0.25) is 4.98 Å². The number of hydrogen-bond donors (Lipinski definition) is 2. The quantitative estimate of drug-likeness (QED) is 0.236. The third-order valence-corrected chi connectivity index (χ3v) is 7.11. The van der Waals surface area contributed by atoms with Gasteiger partial charge in [0.1, 0.15) is 11.8 Å². The second kappa shape index (κ2) is 10.2. The van der Waals surface area contributed by atoms with Gasteiger partial charge >= 0.3 is 0 Å². The summed E-state index contributed by atoms with van der Waals surface area (Å²) in [5, 5.41) is 25.9. The van der Waals surface area contributed by atoms with Crippen LogP contribution < -0.4 is 10.6 Å². The molecule has 1 saturated carbocycles. The summed E-state index contributed by atoms with van der Waals surface area (Å²) in [6.07, 6.45) is 2.51. The molecule has 0 bridgehead atoms. The van der Waals surface area contributed by atoms with Crippen LogP contribution in [0.1, 0.15) is 68.2 Å². The number of halogens is 4. The van der Waals surface area contributed by atoms with E-state index in [-0.39, 0.29) is 18.3 Å². The molecule has 0 unspecified atom stereocenters. The molecular formula is C28H28ClF3N8. The normalized spacial score (nSPS) is 15.9. The minimum absolute atomic E-state index is 0.0591. The summed E-state index contributed by atoms with van der Waals surface area (Å²) in [4.78, 5) is 8.36. The van der Waals surface area contributed by atoms with E-state index in [1.807, 2.05) is 6.07 Å². The second-order valence-corrected chi connectivity index (χ2v) is 11.8. The van der Waals surface area contributed by atoms with E-state index in [0.717, 1.165) is 0 Å². The van der Waals surface area contributed by atoms with Gasteiger partial charge in [0.15, 0.2) is 0 Å². The van der Waals surface area contributed by atoms with Gasteiger partial charge in [-0.05, 0) is 30.5 Å². The molecule has 1 aliphatic carbocycles. The maximum atomic E-state index is 13.9. The number of aromatic nitrogens is 5. The highest BCUT2D eigenvalue weighted by molar-refractivity contribution is 6.35. The molecule has 1 atom stereocenters. The van der Waals surface area contributed by atoms with Crippen LogP contribution in [0, 0.1) is 29.6 Å². The van der Waals surface area contributed by atoms with Crippen LogP contribution >= 0.6 is 11.6 Å². The average Bonchev–Trinajstić information content (AvgIpc) is 3.34. The first-order chi connectivity index (χ1) is 18.8. The highest BCUT2D eigenvalue weighted by atomic mass is 35.5. The highest BCUT2D eigenvalue weighted by Crippen LogP contribution is 2.45. The lowest BCUT2D eigenvalue weighted by molar-refractivity contribution is -0.107. The molecule has 5 rings (SSSR count). The largest absolute Gasteiger partial charge is 0.383 e. The van der Waals surface area contributed by atoms with Crippen LogP contribution in [0.15, 0.2) is 36.7 Å². The van der Waals surface area contributed by atoms with E-state index in [9.17, 15) is 18.4 Å². The fourth-order valence-electron chi connectivity index (χ4n) is 4.71. The molecule has 208 valence electrons. The van der Waals surface area contributed by atoms with Gasteiger partial charge in [-0.25, -0.2) is 18.4 Å². The summed E-state index contributed by atoms with van der Waals surface area (Å²) >= 11 is 6.67. The van der Waals surface area contributed by atoms with E-state index in [1.165, 1.54) is 16.9 Å². The van der Waals surface area contributed by atoms with Crippen molar-refractivity contribution >= 4 is 33.9 Å². The molecule has 8 nitrogen and oxygen atoms in total. The zero-order valence-corrected chi connectivity index (χ0v) is 23.2. The molecule has 1 aliphatic rings. The molecule has 0 saturated heterocycles. The molecule has 3 aromatic heterocycles. The minimum atomic E-state index is -2.71. The number of nitriles is 1. The van der Waals surface area contributed by atoms with Crippen molar-refractivity contribution in [3.05, 3.63) is 70.1 Å². The predicted molar refractivity (Wildman–Crippen MR) is 147 cm³/mol. The van der Waals surface area contributed by atoms with Gasteiger partial charge in [0.25, 0.3) is 5.92 Å². The van der Waals surface area contributed by atoms with E-state index in [2.05, 4.69) is 57.8 Å². The molecular weight excluding hydrogens is 541 g/mol. The van der Waals surface area contributed by atoms with Crippen molar-refractivity contribution in [3.8, 4) is 6.07 Å². The fraction of sp³-hybridized carbons (Fsp3) is 0.393.